The summed E-state index contributed by atoms with van der Waals surface area (Å²) in [6.45, 7) is 5.86. The molecule has 5 heteroatoms. The molecule has 0 saturated carbocycles. The average Bonchev–Trinajstić information content (AvgIpc) is 2.70. The summed E-state index contributed by atoms with van der Waals surface area (Å²) in [5, 5.41) is 0.828. The summed E-state index contributed by atoms with van der Waals surface area (Å²) in [7, 11) is 0. The van der Waals surface area contributed by atoms with Crippen LogP contribution in [0, 0.1) is 6.92 Å². The Hall–Kier alpha value is -3.34. The number of benzene rings is 2. The standard InChI is InChI=1S/C25H26O5/c1-17(2)29-24(26)12-11-20-15-21-18(3)14-25(27)30-23(21)16-22(20)28-13-7-10-19-8-5-4-6-9-19/h4-10,14-17H,11-13H2,1-3H3/b10-7+. The summed E-state index contributed by atoms with van der Waals surface area (Å²) in [6, 6.07) is 15.0. The lowest BCUT2D eigenvalue weighted by Gasteiger charge is -2.13. The van der Waals surface area contributed by atoms with Crippen molar-refractivity contribution in [2.24, 2.45) is 0 Å². The average molecular weight is 406 g/mol. The highest BCUT2D eigenvalue weighted by atomic mass is 16.5. The lowest BCUT2D eigenvalue weighted by molar-refractivity contribution is -0.147. The first kappa shape index (κ1) is 21.4. The van der Waals surface area contributed by atoms with Gasteiger partial charge in [-0.15, -0.1) is 0 Å². The van der Waals surface area contributed by atoms with Crippen molar-refractivity contribution in [2.45, 2.75) is 39.7 Å². The molecule has 1 aromatic heterocycles. The monoisotopic (exact) mass is 406 g/mol. The van der Waals surface area contributed by atoms with Crippen molar-refractivity contribution in [3.63, 3.8) is 0 Å². The fraction of sp³-hybridized carbons (Fsp3) is 0.280. The van der Waals surface area contributed by atoms with Gasteiger partial charge in [-0.3, -0.25) is 4.79 Å². The summed E-state index contributed by atoms with van der Waals surface area (Å²) in [5.74, 6) is 0.336. The van der Waals surface area contributed by atoms with Gasteiger partial charge in [0.1, 0.15) is 17.9 Å². The first-order valence-electron chi connectivity index (χ1n) is 10.0. The fourth-order valence-corrected chi connectivity index (χ4v) is 3.17. The summed E-state index contributed by atoms with van der Waals surface area (Å²) in [5.41, 5.74) is 2.84. The molecule has 0 bridgehead atoms. The molecule has 2 aromatic carbocycles. The Morgan fingerprint density at radius 1 is 1.13 bits per heavy atom. The Balaban J connectivity index is 1.82. The van der Waals surface area contributed by atoms with Crippen LogP contribution in [0.15, 0.2) is 63.8 Å². The third-order valence-corrected chi connectivity index (χ3v) is 4.54. The van der Waals surface area contributed by atoms with E-state index in [1.165, 1.54) is 6.07 Å². The van der Waals surface area contributed by atoms with E-state index in [0.717, 1.165) is 22.1 Å². The van der Waals surface area contributed by atoms with Crippen molar-refractivity contribution in [2.75, 3.05) is 6.61 Å². The van der Waals surface area contributed by atoms with Gasteiger partial charge in [0.15, 0.2) is 0 Å². The van der Waals surface area contributed by atoms with Gasteiger partial charge in [0, 0.05) is 23.9 Å². The Bertz CT molecular complexity index is 1090. The van der Waals surface area contributed by atoms with E-state index in [0.29, 0.717) is 24.4 Å². The number of aryl methyl sites for hydroxylation is 2. The smallest absolute Gasteiger partial charge is 0.336 e. The molecule has 0 fully saturated rings. The van der Waals surface area contributed by atoms with Crippen LogP contribution in [0.25, 0.3) is 17.0 Å². The second-order valence-corrected chi connectivity index (χ2v) is 7.37. The van der Waals surface area contributed by atoms with Crippen LogP contribution in [0.4, 0.5) is 0 Å². The van der Waals surface area contributed by atoms with Gasteiger partial charge in [-0.2, -0.15) is 0 Å². The summed E-state index contributed by atoms with van der Waals surface area (Å²) in [4.78, 5) is 23.8. The molecule has 0 aliphatic rings. The van der Waals surface area contributed by atoms with Crippen molar-refractivity contribution >= 4 is 23.0 Å². The molecule has 1 heterocycles. The number of hydrogen-bond donors (Lipinski definition) is 0. The maximum absolute atomic E-state index is 12.0. The van der Waals surface area contributed by atoms with Crippen LogP contribution in [-0.2, 0) is 16.0 Å². The lowest BCUT2D eigenvalue weighted by Crippen LogP contribution is -2.12. The molecule has 0 spiro atoms. The maximum Gasteiger partial charge on any atom is 0.336 e. The highest BCUT2D eigenvalue weighted by Crippen LogP contribution is 2.28. The fourth-order valence-electron chi connectivity index (χ4n) is 3.17. The second-order valence-electron chi connectivity index (χ2n) is 7.37. The lowest BCUT2D eigenvalue weighted by atomic mass is 10.0. The second kappa shape index (κ2) is 9.92. The predicted octanol–water partition coefficient (Wildman–Crippen LogP) is 5.08. The van der Waals surface area contributed by atoms with E-state index >= 15 is 0 Å². The van der Waals surface area contributed by atoms with Crippen molar-refractivity contribution in [3.8, 4) is 5.75 Å². The van der Waals surface area contributed by atoms with Gasteiger partial charge in [0.05, 0.1) is 6.10 Å². The highest BCUT2D eigenvalue weighted by Gasteiger charge is 2.13. The SMILES string of the molecule is Cc1cc(=O)oc2cc(OC/C=C/c3ccccc3)c(CCC(=O)OC(C)C)cc12. The van der Waals surface area contributed by atoms with E-state index < -0.39 is 5.63 Å². The number of esters is 1. The molecule has 3 aromatic rings. The number of rotatable bonds is 8. The van der Waals surface area contributed by atoms with E-state index in [1.807, 2.05) is 69.3 Å². The normalized spacial score (nSPS) is 11.3. The summed E-state index contributed by atoms with van der Waals surface area (Å²) in [6.07, 6.45) is 4.46. The van der Waals surface area contributed by atoms with Crippen LogP contribution in [0.1, 0.15) is 37.0 Å². The van der Waals surface area contributed by atoms with Crippen molar-refractivity contribution in [1.29, 1.82) is 0 Å². The predicted molar refractivity (Wildman–Crippen MR) is 118 cm³/mol. The minimum absolute atomic E-state index is 0.149. The van der Waals surface area contributed by atoms with Crippen LogP contribution in [-0.4, -0.2) is 18.7 Å². The molecule has 5 nitrogen and oxygen atoms in total. The van der Waals surface area contributed by atoms with E-state index in [9.17, 15) is 9.59 Å². The molecule has 0 amide bonds. The zero-order valence-electron chi connectivity index (χ0n) is 17.5. The maximum atomic E-state index is 12.0. The van der Waals surface area contributed by atoms with Gasteiger partial charge < -0.3 is 13.9 Å². The summed E-state index contributed by atoms with van der Waals surface area (Å²) >= 11 is 0. The number of hydrogen-bond acceptors (Lipinski definition) is 5. The molecular weight excluding hydrogens is 380 g/mol. The molecule has 3 rings (SSSR count). The molecule has 30 heavy (non-hydrogen) atoms. The highest BCUT2D eigenvalue weighted by molar-refractivity contribution is 5.83. The molecule has 0 radical (unpaired) electrons. The molecule has 0 aliphatic heterocycles. The number of carbonyl (C=O) groups excluding carboxylic acids is 1. The van der Waals surface area contributed by atoms with Crippen LogP contribution < -0.4 is 10.4 Å². The largest absolute Gasteiger partial charge is 0.489 e. The third kappa shape index (κ3) is 5.83. The number of fused-ring (bicyclic) bond motifs is 1. The Morgan fingerprint density at radius 2 is 1.90 bits per heavy atom. The van der Waals surface area contributed by atoms with Crippen LogP contribution in [0.3, 0.4) is 0 Å². The zero-order valence-corrected chi connectivity index (χ0v) is 17.5. The number of carbonyl (C=O) groups is 1. The van der Waals surface area contributed by atoms with Crippen molar-refractivity contribution < 1.29 is 18.7 Å². The Kier molecular flexibility index (Phi) is 7.07. The molecule has 156 valence electrons. The minimum atomic E-state index is -0.400. The van der Waals surface area contributed by atoms with Crippen LogP contribution >= 0.6 is 0 Å². The van der Waals surface area contributed by atoms with E-state index in [1.54, 1.807) is 6.07 Å². The van der Waals surface area contributed by atoms with Crippen molar-refractivity contribution in [1.82, 2.24) is 0 Å². The van der Waals surface area contributed by atoms with E-state index in [2.05, 4.69) is 0 Å². The van der Waals surface area contributed by atoms with Gasteiger partial charge in [0.25, 0.3) is 0 Å². The van der Waals surface area contributed by atoms with Crippen LogP contribution in [0.5, 0.6) is 5.75 Å². The van der Waals surface area contributed by atoms with Gasteiger partial charge in [-0.1, -0.05) is 36.4 Å². The van der Waals surface area contributed by atoms with Gasteiger partial charge in [-0.05, 0) is 56.0 Å². The van der Waals surface area contributed by atoms with Crippen molar-refractivity contribution in [3.05, 3.63) is 81.7 Å². The Labute approximate surface area is 175 Å². The third-order valence-electron chi connectivity index (χ3n) is 4.54. The van der Waals surface area contributed by atoms with E-state index in [-0.39, 0.29) is 18.5 Å². The first-order valence-corrected chi connectivity index (χ1v) is 10.0. The van der Waals surface area contributed by atoms with Crippen LogP contribution in [0.2, 0.25) is 0 Å². The van der Waals surface area contributed by atoms with Gasteiger partial charge >= 0.3 is 11.6 Å². The molecule has 0 atom stereocenters. The quantitative estimate of drug-likeness (QED) is 0.386. The van der Waals surface area contributed by atoms with Gasteiger partial charge in [-0.25, -0.2) is 4.79 Å². The van der Waals surface area contributed by atoms with E-state index in [4.69, 9.17) is 13.9 Å². The molecule has 0 aliphatic carbocycles. The zero-order chi connectivity index (χ0) is 21.5. The first-order chi connectivity index (χ1) is 14.4. The molecular formula is C25H26O5. The molecule has 0 unspecified atom stereocenters. The van der Waals surface area contributed by atoms with Gasteiger partial charge in [0.2, 0.25) is 0 Å². The molecule has 0 saturated heterocycles. The minimum Gasteiger partial charge on any atom is -0.489 e. The summed E-state index contributed by atoms with van der Waals surface area (Å²) < 4.78 is 16.5. The molecule has 0 N–H and O–H groups in total. The topological polar surface area (TPSA) is 65.7 Å². The number of ether oxygens (including phenoxy) is 2. The Morgan fingerprint density at radius 3 is 2.63 bits per heavy atom.